The zero-order chi connectivity index (χ0) is 12.4. The molecule has 1 aromatic heterocycles. The van der Waals surface area contributed by atoms with E-state index in [1.165, 1.54) is 18.5 Å². The molecule has 94 valence electrons. The smallest absolute Gasteiger partial charge is 0.0729 e. The Morgan fingerprint density at radius 2 is 2.06 bits per heavy atom. The van der Waals surface area contributed by atoms with Gasteiger partial charge < -0.3 is 0 Å². The van der Waals surface area contributed by atoms with Gasteiger partial charge in [0.15, 0.2) is 0 Å². The van der Waals surface area contributed by atoms with Gasteiger partial charge in [-0.2, -0.15) is 0 Å². The molecular weight excluding hydrogens is 290 g/mol. The Kier molecular flexibility index (Phi) is 3.46. The van der Waals surface area contributed by atoms with Crippen LogP contribution in [0.15, 0.2) is 36.5 Å². The van der Waals surface area contributed by atoms with Crippen LogP contribution >= 0.6 is 15.9 Å². The van der Waals surface area contributed by atoms with Crippen LogP contribution in [0.25, 0.3) is 5.69 Å². The fourth-order valence-corrected chi connectivity index (χ4v) is 2.95. The number of nitrogens with zero attached hydrogens (tertiary/aromatic N) is 3. The molecule has 1 aliphatic carbocycles. The summed E-state index contributed by atoms with van der Waals surface area (Å²) in [5.74, 6) is 0.894. The molecule has 0 spiro atoms. The SMILES string of the molecule is BrC(CCc1cnnn1-c1ccccc1)C1CC1. The number of alkyl halides is 1. The molecule has 0 radical (unpaired) electrons. The summed E-state index contributed by atoms with van der Waals surface area (Å²) in [7, 11) is 0. The van der Waals surface area contributed by atoms with Gasteiger partial charge in [-0.3, -0.25) is 0 Å². The number of hydrogen-bond donors (Lipinski definition) is 0. The van der Waals surface area contributed by atoms with E-state index in [4.69, 9.17) is 0 Å². The first-order chi connectivity index (χ1) is 8.84. The van der Waals surface area contributed by atoms with E-state index in [1.807, 2.05) is 29.1 Å². The van der Waals surface area contributed by atoms with E-state index >= 15 is 0 Å². The lowest BCUT2D eigenvalue weighted by molar-refractivity contribution is 0.667. The van der Waals surface area contributed by atoms with Crippen molar-refractivity contribution < 1.29 is 0 Å². The lowest BCUT2D eigenvalue weighted by Gasteiger charge is -2.09. The minimum Gasteiger partial charge on any atom is -0.218 e. The molecule has 0 saturated heterocycles. The van der Waals surface area contributed by atoms with Gasteiger partial charge >= 0.3 is 0 Å². The van der Waals surface area contributed by atoms with Crippen LogP contribution in [0.1, 0.15) is 25.0 Å². The Morgan fingerprint density at radius 1 is 1.28 bits per heavy atom. The molecule has 0 amide bonds. The van der Waals surface area contributed by atoms with Gasteiger partial charge in [-0.15, -0.1) is 5.10 Å². The summed E-state index contributed by atoms with van der Waals surface area (Å²) in [6, 6.07) is 10.2. The number of para-hydroxylation sites is 1. The fourth-order valence-electron chi connectivity index (χ4n) is 2.19. The standard InChI is InChI=1S/C14H16BrN3/c15-14(11-6-7-11)9-8-13-10-16-17-18(13)12-4-2-1-3-5-12/h1-5,10-11,14H,6-9H2. The van der Waals surface area contributed by atoms with E-state index < -0.39 is 0 Å². The third-order valence-corrected chi connectivity index (χ3v) is 4.64. The highest BCUT2D eigenvalue weighted by Crippen LogP contribution is 2.38. The second-order valence-corrected chi connectivity index (χ2v) is 6.04. The highest BCUT2D eigenvalue weighted by atomic mass is 79.9. The monoisotopic (exact) mass is 305 g/mol. The van der Waals surface area contributed by atoms with Crippen LogP contribution in [-0.2, 0) is 6.42 Å². The molecule has 1 aromatic carbocycles. The molecule has 18 heavy (non-hydrogen) atoms. The number of aryl methyl sites for hydroxylation is 1. The van der Waals surface area contributed by atoms with E-state index in [9.17, 15) is 0 Å². The molecule has 0 aliphatic heterocycles. The summed E-state index contributed by atoms with van der Waals surface area (Å²) in [4.78, 5) is 0.650. The number of hydrogen-bond acceptors (Lipinski definition) is 2. The lowest BCUT2D eigenvalue weighted by atomic mass is 10.1. The first-order valence-electron chi connectivity index (χ1n) is 6.43. The van der Waals surface area contributed by atoms with Gasteiger partial charge in [0.1, 0.15) is 0 Å². The predicted octanol–water partition coefficient (Wildman–Crippen LogP) is 3.37. The van der Waals surface area contributed by atoms with Crippen molar-refractivity contribution in [1.29, 1.82) is 0 Å². The molecule has 1 heterocycles. The van der Waals surface area contributed by atoms with Crippen molar-refractivity contribution in [3.05, 3.63) is 42.2 Å². The second-order valence-electron chi connectivity index (χ2n) is 4.86. The van der Waals surface area contributed by atoms with E-state index in [0.29, 0.717) is 4.83 Å². The van der Waals surface area contributed by atoms with E-state index in [-0.39, 0.29) is 0 Å². The molecule has 0 bridgehead atoms. The van der Waals surface area contributed by atoms with Gasteiger partial charge in [0.25, 0.3) is 0 Å². The number of aromatic nitrogens is 3. The van der Waals surface area contributed by atoms with Gasteiger partial charge in [0.2, 0.25) is 0 Å². The van der Waals surface area contributed by atoms with Crippen LogP contribution in [0.2, 0.25) is 0 Å². The van der Waals surface area contributed by atoms with Crippen molar-refractivity contribution in [2.45, 2.75) is 30.5 Å². The highest BCUT2D eigenvalue weighted by molar-refractivity contribution is 9.09. The third kappa shape index (κ3) is 2.64. The van der Waals surface area contributed by atoms with Crippen LogP contribution in [0, 0.1) is 5.92 Å². The summed E-state index contributed by atoms with van der Waals surface area (Å²) in [6.45, 7) is 0. The maximum Gasteiger partial charge on any atom is 0.0729 e. The van der Waals surface area contributed by atoms with Crippen LogP contribution < -0.4 is 0 Å². The summed E-state index contributed by atoms with van der Waals surface area (Å²) in [5, 5.41) is 8.21. The molecule has 1 unspecified atom stereocenters. The van der Waals surface area contributed by atoms with Gasteiger partial charge in [0, 0.05) is 4.83 Å². The van der Waals surface area contributed by atoms with Crippen LogP contribution in [-0.4, -0.2) is 19.8 Å². The largest absolute Gasteiger partial charge is 0.218 e. The summed E-state index contributed by atoms with van der Waals surface area (Å²) in [5.41, 5.74) is 2.27. The Morgan fingerprint density at radius 3 is 2.78 bits per heavy atom. The van der Waals surface area contributed by atoms with Crippen molar-refractivity contribution >= 4 is 15.9 Å². The maximum absolute atomic E-state index is 4.18. The van der Waals surface area contributed by atoms with Gasteiger partial charge in [-0.25, -0.2) is 4.68 Å². The minimum absolute atomic E-state index is 0.650. The number of benzene rings is 1. The van der Waals surface area contributed by atoms with Gasteiger partial charge in [-0.05, 0) is 43.7 Å². The zero-order valence-electron chi connectivity index (χ0n) is 10.2. The minimum atomic E-state index is 0.650. The molecule has 3 rings (SSSR count). The average Bonchev–Trinajstić information content (AvgIpc) is 3.16. The summed E-state index contributed by atoms with van der Waals surface area (Å²) >= 11 is 3.78. The van der Waals surface area contributed by atoms with Crippen LogP contribution in [0.4, 0.5) is 0 Å². The topological polar surface area (TPSA) is 30.7 Å². The first-order valence-corrected chi connectivity index (χ1v) is 7.35. The molecule has 4 heteroatoms. The van der Waals surface area contributed by atoms with E-state index in [1.54, 1.807) is 0 Å². The summed E-state index contributed by atoms with van der Waals surface area (Å²) < 4.78 is 1.94. The third-order valence-electron chi connectivity index (χ3n) is 3.43. The van der Waals surface area contributed by atoms with Crippen LogP contribution in [0.3, 0.4) is 0 Å². The summed E-state index contributed by atoms with van der Waals surface area (Å²) in [6.07, 6.45) is 6.82. The van der Waals surface area contributed by atoms with Crippen molar-refractivity contribution in [3.8, 4) is 5.69 Å². The Hall–Kier alpha value is -1.16. The maximum atomic E-state index is 4.18. The van der Waals surface area contributed by atoms with Crippen molar-refractivity contribution in [3.63, 3.8) is 0 Å². The number of rotatable bonds is 5. The van der Waals surface area contributed by atoms with Crippen molar-refractivity contribution in [1.82, 2.24) is 15.0 Å². The lowest BCUT2D eigenvalue weighted by Crippen LogP contribution is -2.07. The van der Waals surface area contributed by atoms with Crippen molar-refractivity contribution in [2.24, 2.45) is 5.92 Å². The van der Waals surface area contributed by atoms with E-state index in [0.717, 1.165) is 24.4 Å². The predicted molar refractivity (Wildman–Crippen MR) is 75.1 cm³/mol. The average molecular weight is 306 g/mol. The normalized spacial score (nSPS) is 16.7. The van der Waals surface area contributed by atoms with E-state index in [2.05, 4.69) is 38.4 Å². The highest BCUT2D eigenvalue weighted by Gasteiger charge is 2.29. The molecule has 1 saturated carbocycles. The second kappa shape index (κ2) is 5.22. The molecule has 1 fully saturated rings. The van der Waals surface area contributed by atoms with Gasteiger partial charge in [0.05, 0.1) is 17.6 Å². The van der Waals surface area contributed by atoms with Gasteiger partial charge in [-0.1, -0.05) is 39.3 Å². The Labute approximate surface area is 115 Å². The van der Waals surface area contributed by atoms with Crippen LogP contribution in [0.5, 0.6) is 0 Å². The first kappa shape index (κ1) is 11.9. The molecule has 2 aromatic rings. The zero-order valence-corrected chi connectivity index (χ0v) is 11.8. The van der Waals surface area contributed by atoms with Crippen molar-refractivity contribution in [2.75, 3.05) is 0 Å². The number of halogens is 1. The Balaban J connectivity index is 1.71. The molecule has 1 aliphatic rings. The molecule has 0 N–H and O–H groups in total. The molecule has 1 atom stereocenters. The molecule has 3 nitrogen and oxygen atoms in total. The fraction of sp³-hybridized carbons (Fsp3) is 0.429. The quantitative estimate of drug-likeness (QED) is 0.793. The molecular formula is C14H16BrN3. The Bertz CT molecular complexity index is 505.